The maximum atomic E-state index is 12.3. The van der Waals surface area contributed by atoms with Crippen LogP contribution in [0.5, 0.6) is 11.6 Å². The van der Waals surface area contributed by atoms with Gasteiger partial charge in [0, 0.05) is 37.3 Å². The van der Waals surface area contributed by atoms with E-state index in [0.717, 1.165) is 22.4 Å². The van der Waals surface area contributed by atoms with Gasteiger partial charge in [0.05, 0.1) is 26.1 Å². The molecular formula is C24H25N3O4. The molecule has 1 saturated heterocycles. The Labute approximate surface area is 181 Å². The second kappa shape index (κ2) is 10.0. The molecule has 1 fully saturated rings. The number of likely N-dealkylation sites (tertiary alicyclic amines) is 1. The van der Waals surface area contributed by atoms with Crippen LogP contribution in [0.3, 0.4) is 0 Å². The van der Waals surface area contributed by atoms with Crippen molar-refractivity contribution >= 4 is 5.91 Å². The molecule has 3 aromatic rings. The van der Waals surface area contributed by atoms with E-state index < -0.39 is 0 Å². The standard InChI is InChI=1S/C24H25N3O4/c1-29-10-11-30-21-6-2-5-19(13-21)20-7-8-23(26-15-20)31-22-16-27(17-22)24(28)12-18-4-3-9-25-14-18/h2-9,13-15,22H,10-12,16-17H2,1H3. The summed E-state index contributed by atoms with van der Waals surface area (Å²) in [5.74, 6) is 1.43. The van der Waals surface area contributed by atoms with Crippen molar-refractivity contribution < 1.29 is 19.0 Å². The summed E-state index contributed by atoms with van der Waals surface area (Å²) >= 11 is 0. The van der Waals surface area contributed by atoms with Crippen molar-refractivity contribution in [2.75, 3.05) is 33.4 Å². The molecule has 0 atom stereocenters. The van der Waals surface area contributed by atoms with E-state index in [1.807, 2.05) is 48.5 Å². The molecule has 31 heavy (non-hydrogen) atoms. The van der Waals surface area contributed by atoms with Crippen LogP contribution >= 0.6 is 0 Å². The maximum Gasteiger partial charge on any atom is 0.227 e. The smallest absolute Gasteiger partial charge is 0.227 e. The minimum atomic E-state index is -0.0336. The quantitative estimate of drug-likeness (QED) is 0.497. The fraction of sp³-hybridized carbons (Fsp3) is 0.292. The first-order chi connectivity index (χ1) is 15.2. The summed E-state index contributed by atoms with van der Waals surface area (Å²) in [5.41, 5.74) is 2.92. The predicted octanol–water partition coefficient (Wildman–Crippen LogP) is 3.00. The summed E-state index contributed by atoms with van der Waals surface area (Å²) in [6.07, 6.45) is 5.54. The molecule has 4 rings (SSSR count). The van der Waals surface area contributed by atoms with Crippen molar-refractivity contribution in [1.82, 2.24) is 14.9 Å². The molecule has 0 spiro atoms. The van der Waals surface area contributed by atoms with E-state index in [-0.39, 0.29) is 12.0 Å². The molecule has 1 aliphatic rings. The van der Waals surface area contributed by atoms with Crippen molar-refractivity contribution in [3.8, 4) is 22.8 Å². The zero-order valence-corrected chi connectivity index (χ0v) is 17.4. The summed E-state index contributed by atoms with van der Waals surface area (Å²) in [6, 6.07) is 15.4. The molecule has 3 heterocycles. The molecule has 2 aromatic heterocycles. The van der Waals surface area contributed by atoms with Crippen molar-refractivity contribution in [1.29, 1.82) is 0 Å². The molecule has 1 aromatic carbocycles. The van der Waals surface area contributed by atoms with Crippen LogP contribution in [0.4, 0.5) is 0 Å². The highest BCUT2D eigenvalue weighted by atomic mass is 16.5. The second-order valence-electron chi connectivity index (χ2n) is 7.33. The summed E-state index contributed by atoms with van der Waals surface area (Å²) in [7, 11) is 1.65. The van der Waals surface area contributed by atoms with Crippen LogP contribution < -0.4 is 9.47 Å². The molecule has 160 valence electrons. The molecule has 7 nitrogen and oxygen atoms in total. The van der Waals surface area contributed by atoms with Crippen molar-refractivity contribution in [3.63, 3.8) is 0 Å². The Bertz CT molecular complexity index is 989. The van der Waals surface area contributed by atoms with Crippen LogP contribution in [-0.4, -0.2) is 60.3 Å². The van der Waals surface area contributed by atoms with E-state index in [1.165, 1.54) is 0 Å². The Morgan fingerprint density at radius 1 is 1.06 bits per heavy atom. The van der Waals surface area contributed by atoms with Gasteiger partial charge in [0.15, 0.2) is 0 Å². The van der Waals surface area contributed by atoms with Gasteiger partial charge in [0.1, 0.15) is 18.5 Å². The molecule has 0 radical (unpaired) electrons. The largest absolute Gasteiger partial charge is 0.491 e. The lowest BCUT2D eigenvalue weighted by Gasteiger charge is -2.38. The number of amides is 1. The van der Waals surface area contributed by atoms with E-state index in [0.29, 0.717) is 38.6 Å². The average Bonchev–Trinajstić information content (AvgIpc) is 2.77. The van der Waals surface area contributed by atoms with E-state index in [9.17, 15) is 4.79 Å². The van der Waals surface area contributed by atoms with Crippen LogP contribution in [-0.2, 0) is 16.0 Å². The number of aromatic nitrogens is 2. The number of pyridine rings is 2. The molecule has 1 amide bonds. The van der Waals surface area contributed by atoms with Crippen molar-refractivity contribution in [2.45, 2.75) is 12.5 Å². The van der Waals surface area contributed by atoms with Gasteiger partial charge in [-0.1, -0.05) is 18.2 Å². The van der Waals surface area contributed by atoms with E-state index in [2.05, 4.69) is 9.97 Å². The van der Waals surface area contributed by atoms with Gasteiger partial charge in [-0.2, -0.15) is 0 Å². The highest BCUT2D eigenvalue weighted by Crippen LogP contribution is 2.25. The van der Waals surface area contributed by atoms with E-state index >= 15 is 0 Å². The van der Waals surface area contributed by atoms with E-state index in [1.54, 1.807) is 30.6 Å². The highest BCUT2D eigenvalue weighted by Gasteiger charge is 2.32. The zero-order valence-electron chi connectivity index (χ0n) is 17.4. The third kappa shape index (κ3) is 5.58. The van der Waals surface area contributed by atoms with Crippen LogP contribution in [0.2, 0.25) is 0 Å². The number of carbonyl (C=O) groups is 1. The summed E-state index contributed by atoms with van der Waals surface area (Å²) in [5, 5.41) is 0. The predicted molar refractivity (Wildman–Crippen MR) is 116 cm³/mol. The SMILES string of the molecule is COCCOc1cccc(-c2ccc(OC3CN(C(=O)Cc4cccnc4)C3)nc2)c1. The van der Waals surface area contributed by atoms with Crippen molar-refractivity contribution in [3.05, 3.63) is 72.7 Å². The molecule has 0 bridgehead atoms. The molecule has 0 aliphatic carbocycles. The topological polar surface area (TPSA) is 73.8 Å². The molecule has 1 aliphatic heterocycles. The fourth-order valence-electron chi connectivity index (χ4n) is 3.31. The normalized spacial score (nSPS) is 13.5. The van der Waals surface area contributed by atoms with Gasteiger partial charge in [-0.3, -0.25) is 9.78 Å². The van der Waals surface area contributed by atoms with Gasteiger partial charge in [-0.25, -0.2) is 4.98 Å². The maximum absolute atomic E-state index is 12.3. The zero-order chi connectivity index (χ0) is 21.5. The number of methoxy groups -OCH3 is 1. The highest BCUT2D eigenvalue weighted by molar-refractivity contribution is 5.79. The number of carbonyl (C=O) groups excluding carboxylic acids is 1. The monoisotopic (exact) mass is 419 g/mol. The molecule has 0 N–H and O–H groups in total. The number of hydrogen-bond acceptors (Lipinski definition) is 6. The average molecular weight is 419 g/mol. The second-order valence-corrected chi connectivity index (χ2v) is 7.33. The Morgan fingerprint density at radius 2 is 1.97 bits per heavy atom. The Morgan fingerprint density at radius 3 is 2.71 bits per heavy atom. The van der Waals surface area contributed by atoms with Gasteiger partial charge in [0.25, 0.3) is 0 Å². The number of benzene rings is 1. The van der Waals surface area contributed by atoms with Crippen molar-refractivity contribution in [2.24, 2.45) is 0 Å². The first-order valence-electron chi connectivity index (χ1n) is 10.2. The minimum absolute atomic E-state index is 0.0336. The number of rotatable bonds is 9. The number of hydrogen-bond donors (Lipinski definition) is 0. The Hall–Kier alpha value is -3.45. The van der Waals surface area contributed by atoms with Gasteiger partial charge < -0.3 is 19.1 Å². The Kier molecular flexibility index (Phi) is 6.74. The molecule has 0 saturated carbocycles. The van der Waals surface area contributed by atoms with Crippen LogP contribution in [0, 0.1) is 0 Å². The third-order valence-corrected chi connectivity index (χ3v) is 5.03. The van der Waals surface area contributed by atoms with Gasteiger partial charge >= 0.3 is 0 Å². The summed E-state index contributed by atoms with van der Waals surface area (Å²) < 4.78 is 16.6. The fourth-order valence-corrected chi connectivity index (χ4v) is 3.31. The molecule has 0 unspecified atom stereocenters. The van der Waals surface area contributed by atoms with Crippen LogP contribution in [0.25, 0.3) is 11.1 Å². The van der Waals surface area contributed by atoms with E-state index in [4.69, 9.17) is 14.2 Å². The number of ether oxygens (including phenoxy) is 3. The van der Waals surface area contributed by atoms with Crippen LogP contribution in [0.1, 0.15) is 5.56 Å². The first kappa shape index (κ1) is 20.8. The Balaban J connectivity index is 1.27. The lowest BCUT2D eigenvalue weighted by atomic mass is 10.1. The summed E-state index contributed by atoms with van der Waals surface area (Å²) in [4.78, 5) is 22.6. The third-order valence-electron chi connectivity index (χ3n) is 5.03. The molecule has 7 heteroatoms. The van der Waals surface area contributed by atoms with Gasteiger partial charge in [-0.15, -0.1) is 0 Å². The molecular weight excluding hydrogens is 394 g/mol. The van der Waals surface area contributed by atoms with Crippen LogP contribution in [0.15, 0.2) is 67.1 Å². The van der Waals surface area contributed by atoms with Gasteiger partial charge in [0.2, 0.25) is 11.8 Å². The lowest BCUT2D eigenvalue weighted by Crippen LogP contribution is -2.56. The summed E-state index contributed by atoms with van der Waals surface area (Å²) in [6.45, 7) is 2.20. The lowest BCUT2D eigenvalue weighted by molar-refractivity contribution is -0.139. The minimum Gasteiger partial charge on any atom is -0.491 e. The first-order valence-corrected chi connectivity index (χ1v) is 10.2. The van der Waals surface area contributed by atoms with Gasteiger partial charge in [-0.05, 0) is 35.4 Å². The number of nitrogens with zero attached hydrogens (tertiary/aromatic N) is 3.